The van der Waals surface area contributed by atoms with Crippen molar-refractivity contribution in [2.45, 2.75) is 13.8 Å². The van der Waals surface area contributed by atoms with Gasteiger partial charge in [0.25, 0.3) is 0 Å². The summed E-state index contributed by atoms with van der Waals surface area (Å²) in [6, 6.07) is 11.9. The van der Waals surface area contributed by atoms with Crippen LogP contribution in [0.25, 0.3) is 0 Å². The first-order valence-corrected chi connectivity index (χ1v) is 14.3. The van der Waals surface area contributed by atoms with Crippen molar-refractivity contribution >= 4 is 59.9 Å². The fourth-order valence-electron chi connectivity index (χ4n) is 1.87. The molecular formula is C12H12As2Cl2N4. The first-order valence-electron chi connectivity index (χ1n) is 5.97. The number of anilines is 2. The Morgan fingerprint density at radius 3 is 1.55 bits per heavy atom. The van der Waals surface area contributed by atoms with Crippen molar-refractivity contribution in [2.24, 2.45) is 0 Å². The molecule has 104 valence electrons. The fraction of sp³-hybridized carbons (Fsp3) is 0.167. The van der Waals surface area contributed by atoms with Gasteiger partial charge in [-0.1, -0.05) is 0 Å². The molecule has 0 unspecified atom stereocenters. The third-order valence-electron chi connectivity index (χ3n) is 2.78. The molecule has 0 amide bonds. The second-order valence-corrected chi connectivity index (χ2v) is 15.8. The number of halogens is 2. The van der Waals surface area contributed by atoms with Gasteiger partial charge in [-0.25, -0.2) is 0 Å². The van der Waals surface area contributed by atoms with E-state index in [0.29, 0.717) is 0 Å². The van der Waals surface area contributed by atoms with E-state index in [0.717, 1.165) is 23.0 Å². The van der Waals surface area contributed by atoms with Crippen LogP contribution in [0, 0.1) is 13.8 Å². The summed E-state index contributed by atoms with van der Waals surface area (Å²) in [7, 11) is 13.2. The zero-order valence-electron chi connectivity index (χ0n) is 10.9. The quantitative estimate of drug-likeness (QED) is 0.683. The molecule has 0 atom stereocenters. The summed E-state index contributed by atoms with van der Waals surface area (Å²) in [6.45, 7) is 3.95. The van der Waals surface area contributed by atoms with Crippen LogP contribution in [0.15, 0.2) is 36.4 Å². The number of hydrogen-bond acceptors (Lipinski definition) is 4. The summed E-state index contributed by atoms with van der Waals surface area (Å²) in [5.74, 6) is 1.80. The van der Waals surface area contributed by atoms with Gasteiger partial charge in [0.15, 0.2) is 0 Å². The Balaban J connectivity index is 1.86. The molecule has 4 nitrogen and oxygen atoms in total. The van der Waals surface area contributed by atoms with E-state index >= 15 is 0 Å². The molecule has 0 N–H and O–H groups in total. The number of nitrogens with zero attached hydrogens (tertiary/aromatic N) is 4. The van der Waals surface area contributed by atoms with Gasteiger partial charge in [-0.2, -0.15) is 0 Å². The molecule has 0 aromatic carbocycles. The van der Waals surface area contributed by atoms with Crippen LogP contribution in [0.4, 0.5) is 11.6 Å². The Morgan fingerprint density at radius 1 is 0.800 bits per heavy atom. The maximum atomic E-state index is 6.62. The van der Waals surface area contributed by atoms with E-state index in [4.69, 9.17) is 19.9 Å². The molecule has 0 aliphatic carbocycles. The van der Waals surface area contributed by atoms with E-state index in [1.165, 1.54) is 0 Å². The molecule has 1 fully saturated rings. The second-order valence-electron chi connectivity index (χ2n) is 4.33. The Kier molecular flexibility index (Phi) is 4.19. The molecule has 0 radical (unpaired) electrons. The Morgan fingerprint density at radius 2 is 1.20 bits per heavy atom. The van der Waals surface area contributed by atoms with Crippen molar-refractivity contribution in [3.8, 4) is 0 Å². The van der Waals surface area contributed by atoms with Gasteiger partial charge in [-0.15, -0.1) is 0 Å². The molecule has 2 aromatic rings. The summed E-state index contributed by atoms with van der Waals surface area (Å²) in [4.78, 5) is 9.05. The monoisotopic (exact) mass is 432 g/mol. The fourth-order valence-corrected chi connectivity index (χ4v) is 20.2. The summed E-state index contributed by atoms with van der Waals surface area (Å²) in [5, 5.41) is 0. The first kappa shape index (κ1) is 14.5. The van der Waals surface area contributed by atoms with Gasteiger partial charge in [-0.3, -0.25) is 0 Å². The van der Waals surface area contributed by atoms with Crippen molar-refractivity contribution in [2.75, 3.05) is 5.47 Å². The number of pyridine rings is 2. The van der Waals surface area contributed by atoms with Crippen LogP contribution < -0.4 is 5.47 Å². The average Bonchev–Trinajstić information content (AvgIpc) is 2.39. The summed E-state index contributed by atoms with van der Waals surface area (Å²) >= 11 is -3.76. The van der Waals surface area contributed by atoms with Gasteiger partial charge in [0, 0.05) is 0 Å². The van der Waals surface area contributed by atoms with Crippen LogP contribution in [0.3, 0.4) is 0 Å². The van der Waals surface area contributed by atoms with Crippen LogP contribution in [-0.4, -0.2) is 38.3 Å². The van der Waals surface area contributed by atoms with Crippen molar-refractivity contribution < 1.29 is 0 Å². The molecule has 0 bridgehead atoms. The minimum atomic E-state index is -1.88. The molecule has 1 aliphatic heterocycles. The van der Waals surface area contributed by atoms with Gasteiger partial charge >= 0.3 is 137 Å². The molecule has 8 heteroatoms. The van der Waals surface area contributed by atoms with Crippen LogP contribution in [-0.2, 0) is 0 Å². The molecule has 2 aromatic heterocycles. The Bertz CT molecular complexity index is 579. The van der Waals surface area contributed by atoms with E-state index in [-0.39, 0.29) is 0 Å². The van der Waals surface area contributed by atoms with Gasteiger partial charge in [0.2, 0.25) is 0 Å². The van der Waals surface area contributed by atoms with Crippen LogP contribution in [0.5, 0.6) is 0 Å². The van der Waals surface area contributed by atoms with Gasteiger partial charge in [-0.05, 0) is 0 Å². The van der Waals surface area contributed by atoms with Crippen molar-refractivity contribution in [3.05, 3.63) is 47.8 Å². The maximum absolute atomic E-state index is 6.62. The van der Waals surface area contributed by atoms with Crippen molar-refractivity contribution in [1.82, 2.24) is 9.97 Å². The van der Waals surface area contributed by atoms with Crippen molar-refractivity contribution in [1.29, 1.82) is 0 Å². The third-order valence-corrected chi connectivity index (χ3v) is 22.4. The predicted octanol–water partition coefficient (Wildman–Crippen LogP) is 2.87. The molecule has 0 spiro atoms. The molecule has 0 saturated carbocycles. The Hall–Kier alpha value is -0.403. The summed E-state index contributed by atoms with van der Waals surface area (Å²) < 4.78 is 4.28. The van der Waals surface area contributed by atoms with Crippen LogP contribution >= 0.6 is 19.9 Å². The minimum absolute atomic E-state index is 0.902. The predicted molar refractivity (Wildman–Crippen MR) is 86.1 cm³/mol. The SMILES string of the molecule is Cc1cccc(N2[As](Cl)N(c3cccc(C)n3)[As]2Cl)n1. The number of rotatable bonds is 2. The van der Waals surface area contributed by atoms with Gasteiger partial charge in [0.05, 0.1) is 0 Å². The molecule has 3 rings (SSSR count). The Labute approximate surface area is 136 Å². The van der Waals surface area contributed by atoms with E-state index in [1.54, 1.807) is 0 Å². The average molecular weight is 433 g/mol. The normalized spacial score (nSPS) is 21.8. The standard InChI is InChI=1S/C12H12As2Cl2N4/c1-9-5-3-7-11(17-9)19-13(15)20(14(19)16)12-8-4-6-10(2)18-12/h3-8H,1-2H3. The van der Waals surface area contributed by atoms with Crippen LogP contribution in [0.1, 0.15) is 11.4 Å². The molecular weight excluding hydrogens is 421 g/mol. The van der Waals surface area contributed by atoms with E-state index in [1.807, 2.05) is 50.2 Å². The molecule has 3 heterocycles. The molecule has 20 heavy (non-hydrogen) atoms. The van der Waals surface area contributed by atoms with Gasteiger partial charge in [0.1, 0.15) is 0 Å². The number of hydrogen-bond donors (Lipinski definition) is 0. The van der Waals surface area contributed by atoms with E-state index in [9.17, 15) is 0 Å². The van der Waals surface area contributed by atoms with Gasteiger partial charge < -0.3 is 0 Å². The first-order chi connectivity index (χ1) is 9.58. The van der Waals surface area contributed by atoms with Crippen molar-refractivity contribution in [3.63, 3.8) is 0 Å². The number of aryl methyl sites for hydroxylation is 2. The number of aromatic nitrogens is 2. The van der Waals surface area contributed by atoms with E-state index in [2.05, 4.69) is 15.4 Å². The third kappa shape index (κ3) is 2.55. The zero-order chi connectivity index (χ0) is 14.3. The second kappa shape index (κ2) is 5.77. The topological polar surface area (TPSA) is 32.3 Å². The molecule has 1 aliphatic rings. The van der Waals surface area contributed by atoms with Crippen LogP contribution in [0.2, 0.25) is 0 Å². The zero-order valence-corrected chi connectivity index (χ0v) is 16.2. The molecule has 1 saturated heterocycles. The summed E-state index contributed by atoms with van der Waals surface area (Å²) in [6.07, 6.45) is 0. The summed E-state index contributed by atoms with van der Waals surface area (Å²) in [5.41, 5.74) is 1.96. The van der Waals surface area contributed by atoms with E-state index < -0.39 is 28.3 Å².